The van der Waals surface area contributed by atoms with Crippen LogP contribution in [0.2, 0.25) is 0 Å². The highest BCUT2D eigenvalue weighted by molar-refractivity contribution is 5.74. The average molecular weight is 387 g/mol. The normalized spacial score (nSPS) is 18.2. The van der Waals surface area contributed by atoms with Crippen LogP contribution in [0.25, 0.3) is 11.3 Å². The molecular formula is C21H25NO6. The lowest BCUT2D eigenvalue weighted by atomic mass is 9.93. The highest BCUT2D eigenvalue weighted by atomic mass is 16.6. The van der Waals surface area contributed by atoms with E-state index in [0.29, 0.717) is 50.2 Å². The van der Waals surface area contributed by atoms with Gasteiger partial charge in [-0.1, -0.05) is 0 Å². The lowest BCUT2D eigenvalue weighted by Crippen LogP contribution is -2.34. The maximum absolute atomic E-state index is 12.7. The van der Waals surface area contributed by atoms with Crippen molar-refractivity contribution in [3.8, 4) is 28.5 Å². The molecule has 1 unspecified atom stereocenters. The van der Waals surface area contributed by atoms with Crippen molar-refractivity contribution in [2.75, 3.05) is 40.6 Å². The third-order valence-corrected chi connectivity index (χ3v) is 5.29. The van der Waals surface area contributed by atoms with Crippen LogP contribution in [0.5, 0.6) is 17.2 Å². The monoisotopic (exact) mass is 387 g/mol. The molecule has 7 nitrogen and oxygen atoms in total. The molecule has 4 rings (SSSR count). The maximum Gasteiger partial charge on any atom is 0.254 e. The van der Waals surface area contributed by atoms with Crippen molar-refractivity contribution in [3.05, 3.63) is 39.7 Å². The van der Waals surface area contributed by atoms with Crippen molar-refractivity contribution in [3.63, 3.8) is 0 Å². The van der Waals surface area contributed by atoms with E-state index in [9.17, 15) is 4.79 Å². The molecule has 1 aromatic heterocycles. The van der Waals surface area contributed by atoms with E-state index in [4.69, 9.17) is 23.7 Å². The Morgan fingerprint density at radius 2 is 1.89 bits per heavy atom. The van der Waals surface area contributed by atoms with Crippen LogP contribution >= 0.6 is 0 Å². The summed E-state index contributed by atoms with van der Waals surface area (Å²) in [4.78, 5) is 12.7. The number of rotatable bonds is 5. The molecule has 150 valence electrons. The summed E-state index contributed by atoms with van der Waals surface area (Å²) < 4.78 is 29.7. The summed E-state index contributed by atoms with van der Waals surface area (Å²) in [6.07, 6.45) is 0.638. The minimum Gasteiger partial charge on any atom is -0.493 e. The van der Waals surface area contributed by atoms with Gasteiger partial charge in [0.1, 0.15) is 18.5 Å². The van der Waals surface area contributed by atoms with E-state index in [1.54, 1.807) is 24.9 Å². The molecule has 0 spiro atoms. The molecule has 1 atom stereocenters. The molecule has 0 saturated carbocycles. The highest BCUT2D eigenvalue weighted by Gasteiger charge is 2.25. The summed E-state index contributed by atoms with van der Waals surface area (Å²) in [5.41, 5.74) is 3.81. The molecule has 1 fully saturated rings. The second-order valence-corrected chi connectivity index (χ2v) is 6.97. The zero-order chi connectivity index (χ0) is 19.7. The van der Waals surface area contributed by atoms with Gasteiger partial charge in [0.2, 0.25) is 0 Å². The second kappa shape index (κ2) is 7.85. The lowest BCUT2D eigenvalue weighted by molar-refractivity contribution is -0.101. The Labute approximate surface area is 163 Å². The topological polar surface area (TPSA) is 68.2 Å². The molecule has 0 N–H and O–H groups in total. The van der Waals surface area contributed by atoms with Crippen LogP contribution in [-0.4, -0.2) is 51.3 Å². The summed E-state index contributed by atoms with van der Waals surface area (Å²) in [5, 5.41) is 0. The predicted molar refractivity (Wildman–Crippen MR) is 104 cm³/mol. The molecule has 1 aromatic carbocycles. The van der Waals surface area contributed by atoms with Crippen LogP contribution < -0.4 is 19.8 Å². The highest BCUT2D eigenvalue weighted by Crippen LogP contribution is 2.40. The molecular weight excluding hydrogens is 362 g/mol. The minimum atomic E-state index is -0.122. The molecule has 28 heavy (non-hydrogen) atoms. The van der Waals surface area contributed by atoms with Gasteiger partial charge in [-0.05, 0) is 31.0 Å². The van der Waals surface area contributed by atoms with Gasteiger partial charge in [0.15, 0.2) is 11.5 Å². The third kappa shape index (κ3) is 3.36. The number of hydrogen-bond acceptors (Lipinski definition) is 6. The van der Waals surface area contributed by atoms with E-state index in [-0.39, 0.29) is 11.7 Å². The zero-order valence-corrected chi connectivity index (χ0v) is 16.4. The molecule has 2 aromatic rings. The van der Waals surface area contributed by atoms with Crippen LogP contribution in [0, 0.1) is 6.92 Å². The standard InChI is InChI=1S/C21H25NO6/c1-13-17(28-12-15-11-26-6-7-27-15)10-20(23)22-5-4-14-8-18(24-2)19(25-3)9-16(14)21(13)22/h8-10,15H,4-7,11-12H2,1-3H3. The number of aryl methyl sites for hydroxylation is 1. The Hall–Kier alpha value is -2.51. The number of methoxy groups -OCH3 is 2. The quantitative estimate of drug-likeness (QED) is 0.784. The first-order chi connectivity index (χ1) is 13.6. The van der Waals surface area contributed by atoms with Crippen LogP contribution in [0.4, 0.5) is 0 Å². The van der Waals surface area contributed by atoms with Gasteiger partial charge in [0, 0.05) is 23.7 Å². The Bertz CT molecular complexity index is 929. The number of hydrogen-bond donors (Lipinski definition) is 0. The van der Waals surface area contributed by atoms with Crippen LogP contribution in [0.1, 0.15) is 11.1 Å². The van der Waals surface area contributed by atoms with Gasteiger partial charge in [-0.15, -0.1) is 0 Å². The number of ether oxygens (including phenoxy) is 5. The molecule has 0 amide bonds. The maximum atomic E-state index is 12.7. The van der Waals surface area contributed by atoms with Gasteiger partial charge in [0.25, 0.3) is 5.56 Å². The average Bonchev–Trinajstić information content (AvgIpc) is 2.74. The van der Waals surface area contributed by atoms with E-state index in [1.165, 1.54) is 0 Å². The third-order valence-electron chi connectivity index (χ3n) is 5.29. The minimum absolute atomic E-state index is 0.0724. The number of pyridine rings is 1. The summed E-state index contributed by atoms with van der Waals surface area (Å²) in [5.74, 6) is 1.91. The van der Waals surface area contributed by atoms with E-state index in [2.05, 4.69) is 0 Å². The Kier molecular flexibility index (Phi) is 5.28. The SMILES string of the molecule is COc1cc2c(cc1OC)-c1c(C)c(OCC3COCCO3)cc(=O)n1CC2. The van der Waals surface area contributed by atoms with E-state index >= 15 is 0 Å². The first-order valence-corrected chi connectivity index (χ1v) is 9.44. The smallest absolute Gasteiger partial charge is 0.254 e. The summed E-state index contributed by atoms with van der Waals surface area (Å²) in [6.45, 7) is 4.62. The first kappa shape index (κ1) is 18.8. The summed E-state index contributed by atoms with van der Waals surface area (Å²) in [6, 6.07) is 5.49. The zero-order valence-electron chi connectivity index (χ0n) is 16.4. The number of fused-ring (bicyclic) bond motifs is 3. The Morgan fingerprint density at radius 3 is 2.61 bits per heavy atom. The molecule has 2 aliphatic heterocycles. The van der Waals surface area contributed by atoms with Gasteiger partial charge in [-0.2, -0.15) is 0 Å². The Morgan fingerprint density at radius 1 is 1.11 bits per heavy atom. The molecule has 3 heterocycles. The van der Waals surface area contributed by atoms with Crippen LogP contribution in [0.3, 0.4) is 0 Å². The molecule has 0 aliphatic carbocycles. The predicted octanol–water partition coefficient (Wildman–Crippen LogP) is 2.19. The van der Waals surface area contributed by atoms with Gasteiger partial charge >= 0.3 is 0 Å². The van der Waals surface area contributed by atoms with Crippen molar-refractivity contribution in [1.29, 1.82) is 0 Å². The molecule has 0 bridgehead atoms. The largest absolute Gasteiger partial charge is 0.493 e. The van der Waals surface area contributed by atoms with E-state index in [0.717, 1.165) is 28.8 Å². The first-order valence-electron chi connectivity index (χ1n) is 9.44. The van der Waals surface area contributed by atoms with Crippen LogP contribution in [0.15, 0.2) is 23.0 Å². The van der Waals surface area contributed by atoms with E-state index in [1.807, 2.05) is 19.1 Å². The van der Waals surface area contributed by atoms with Gasteiger partial charge in [0.05, 0.1) is 39.7 Å². The number of nitrogens with zero attached hydrogens (tertiary/aromatic N) is 1. The second-order valence-electron chi connectivity index (χ2n) is 6.97. The van der Waals surface area contributed by atoms with Crippen molar-refractivity contribution in [2.24, 2.45) is 0 Å². The van der Waals surface area contributed by atoms with E-state index < -0.39 is 0 Å². The molecule has 0 radical (unpaired) electrons. The van der Waals surface area contributed by atoms with Gasteiger partial charge < -0.3 is 28.3 Å². The fraction of sp³-hybridized carbons (Fsp3) is 0.476. The fourth-order valence-corrected chi connectivity index (χ4v) is 3.84. The van der Waals surface area contributed by atoms with Crippen molar-refractivity contribution in [1.82, 2.24) is 4.57 Å². The fourth-order valence-electron chi connectivity index (χ4n) is 3.84. The van der Waals surface area contributed by atoms with Crippen molar-refractivity contribution in [2.45, 2.75) is 26.0 Å². The lowest BCUT2D eigenvalue weighted by Gasteiger charge is -2.27. The van der Waals surface area contributed by atoms with Crippen LogP contribution in [-0.2, 0) is 22.4 Å². The molecule has 1 saturated heterocycles. The molecule has 2 aliphatic rings. The number of benzene rings is 1. The van der Waals surface area contributed by atoms with Gasteiger partial charge in [-0.3, -0.25) is 4.79 Å². The van der Waals surface area contributed by atoms with Gasteiger partial charge in [-0.25, -0.2) is 0 Å². The summed E-state index contributed by atoms with van der Waals surface area (Å²) in [7, 11) is 3.23. The number of aromatic nitrogens is 1. The Balaban J connectivity index is 1.73. The van der Waals surface area contributed by atoms with Crippen molar-refractivity contribution >= 4 is 0 Å². The molecule has 7 heteroatoms. The summed E-state index contributed by atoms with van der Waals surface area (Å²) >= 11 is 0. The van der Waals surface area contributed by atoms with Crippen molar-refractivity contribution < 1.29 is 23.7 Å².